The molecule has 0 atom stereocenters. The van der Waals surface area contributed by atoms with Gasteiger partial charge in [0.1, 0.15) is 23.0 Å². The Morgan fingerprint density at radius 2 is 1.92 bits per heavy atom. The SMILES string of the molecule is CC(C)(C)OC(=O)Cc1ccc(OCc2nnc(C3CC3)s2)cc1. The maximum atomic E-state index is 11.8. The second kappa shape index (κ2) is 6.89. The van der Waals surface area contributed by atoms with E-state index in [1.54, 1.807) is 11.3 Å². The van der Waals surface area contributed by atoms with E-state index in [9.17, 15) is 4.79 Å². The van der Waals surface area contributed by atoms with Crippen molar-refractivity contribution in [2.75, 3.05) is 0 Å². The number of benzene rings is 1. The molecule has 1 aromatic carbocycles. The normalized spacial score (nSPS) is 14.5. The minimum Gasteiger partial charge on any atom is -0.486 e. The average molecular weight is 346 g/mol. The van der Waals surface area contributed by atoms with E-state index in [-0.39, 0.29) is 12.4 Å². The molecule has 0 amide bonds. The van der Waals surface area contributed by atoms with Gasteiger partial charge in [0.05, 0.1) is 6.42 Å². The van der Waals surface area contributed by atoms with Crippen molar-refractivity contribution in [3.8, 4) is 5.75 Å². The second-order valence-corrected chi connectivity index (χ2v) is 8.10. The van der Waals surface area contributed by atoms with Crippen LogP contribution in [0.1, 0.15) is 55.1 Å². The summed E-state index contributed by atoms with van der Waals surface area (Å²) in [6.07, 6.45) is 2.72. The first-order chi connectivity index (χ1) is 11.4. The van der Waals surface area contributed by atoms with Crippen LogP contribution in [0.4, 0.5) is 0 Å². The van der Waals surface area contributed by atoms with E-state index in [1.165, 1.54) is 12.8 Å². The molecule has 1 aliphatic carbocycles. The number of carbonyl (C=O) groups is 1. The minimum absolute atomic E-state index is 0.224. The van der Waals surface area contributed by atoms with Crippen molar-refractivity contribution in [1.29, 1.82) is 0 Å². The molecule has 0 radical (unpaired) electrons. The first-order valence-corrected chi connectivity index (χ1v) is 8.96. The number of rotatable bonds is 6. The number of hydrogen-bond acceptors (Lipinski definition) is 6. The van der Waals surface area contributed by atoms with Crippen LogP contribution < -0.4 is 4.74 Å². The number of carbonyl (C=O) groups excluding carboxylic acids is 1. The zero-order valence-corrected chi connectivity index (χ0v) is 15.1. The van der Waals surface area contributed by atoms with Crippen LogP contribution in [-0.2, 0) is 22.6 Å². The zero-order valence-electron chi connectivity index (χ0n) is 14.2. The van der Waals surface area contributed by atoms with Crippen LogP contribution in [-0.4, -0.2) is 21.8 Å². The summed E-state index contributed by atoms with van der Waals surface area (Å²) in [5.41, 5.74) is 0.449. The van der Waals surface area contributed by atoms with Gasteiger partial charge in [-0.25, -0.2) is 0 Å². The molecule has 0 spiro atoms. The molecular formula is C18H22N2O3S. The molecule has 128 valence electrons. The van der Waals surface area contributed by atoms with Crippen molar-refractivity contribution in [3.05, 3.63) is 39.8 Å². The molecule has 24 heavy (non-hydrogen) atoms. The predicted octanol–water partition coefficient (Wildman–Crippen LogP) is 3.88. The van der Waals surface area contributed by atoms with Gasteiger partial charge >= 0.3 is 5.97 Å². The van der Waals surface area contributed by atoms with Crippen molar-refractivity contribution in [3.63, 3.8) is 0 Å². The van der Waals surface area contributed by atoms with Gasteiger partial charge in [0.2, 0.25) is 0 Å². The molecule has 1 saturated carbocycles. The van der Waals surface area contributed by atoms with E-state index in [2.05, 4.69) is 10.2 Å². The highest BCUT2D eigenvalue weighted by Crippen LogP contribution is 2.41. The Balaban J connectivity index is 1.49. The summed E-state index contributed by atoms with van der Waals surface area (Å²) in [6.45, 7) is 6.02. The number of aromatic nitrogens is 2. The number of esters is 1. The highest BCUT2D eigenvalue weighted by atomic mass is 32.1. The van der Waals surface area contributed by atoms with E-state index in [4.69, 9.17) is 9.47 Å². The molecule has 6 heteroatoms. The molecule has 1 fully saturated rings. The summed E-state index contributed by atoms with van der Waals surface area (Å²) >= 11 is 1.63. The molecule has 0 aliphatic heterocycles. The van der Waals surface area contributed by atoms with Gasteiger partial charge in [-0.1, -0.05) is 23.5 Å². The molecule has 0 saturated heterocycles. The van der Waals surface area contributed by atoms with Crippen molar-refractivity contribution in [2.45, 2.75) is 58.2 Å². The summed E-state index contributed by atoms with van der Waals surface area (Å²) in [5, 5.41) is 10.4. The van der Waals surface area contributed by atoms with Crippen LogP contribution in [0.15, 0.2) is 24.3 Å². The Bertz CT molecular complexity index is 700. The number of hydrogen-bond donors (Lipinski definition) is 0. The van der Waals surface area contributed by atoms with Gasteiger partial charge < -0.3 is 9.47 Å². The van der Waals surface area contributed by atoms with Crippen LogP contribution in [0.3, 0.4) is 0 Å². The maximum Gasteiger partial charge on any atom is 0.310 e. The van der Waals surface area contributed by atoms with E-state index in [0.717, 1.165) is 21.3 Å². The lowest BCUT2D eigenvalue weighted by Gasteiger charge is -2.19. The van der Waals surface area contributed by atoms with E-state index in [1.807, 2.05) is 45.0 Å². The molecular weight excluding hydrogens is 324 g/mol. The lowest BCUT2D eigenvalue weighted by molar-refractivity contribution is -0.153. The van der Waals surface area contributed by atoms with Gasteiger partial charge in [-0.3, -0.25) is 4.79 Å². The Morgan fingerprint density at radius 3 is 2.54 bits per heavy atom. The van der Waals surface area contributed by atoms with Gasteiger partial charge in [0.15, 0.2) is 5.01 Å². The van der Waals surface area contributed by atoms with Crippen molar-refractivity contribution in [1.82, 2.24) is 10.2 Å². The Kier molecular flexibility index (Phi) is 4.85. The summed E-state index contributed by atoms with van der Waals surface area (Å²) in [4.78, 5) is 11.8. The van der Waals surface area contributed by atoms with Gasteiger partial charge in [-0.05, 0) is 51.3 Å². The van der Waals surface area contributed by atoms with E-state index in [0.29, 0.717) is 12.5 Å². The molecule has 1 aromatic heterocycles. The molecule has 1 aliphatic rings. The van der Waals surface area contributed by atoms with E-state index < -0.39 is 5.60 Å². The van der Waals surface area contributed by atoms with Crippen LogP contribution >= 0.6 is 11.3 Å². The number of nitrogens with zero attached hydrogens (tertiary/aromatic N) is 2. The summed E-state index contributed by atoms with van der Waals surface area (Å²) in [7, 11) is 0. The van der Waals surface area contributed by atoms with Gasteiger partial charge in [-0.15, -0.1) is 10.2 Å². The zero-order chi connectivity index (χ0) is 17.2. The summed E-state index contributed by atoms with van der Waals surface area (Å²) < 4.78 is 11.1. The van der Waals surface area contributed by atoms with Crippen molar-refractivity contribution >= 4 is 17.3 Å². The summed E-state index contributed by atoms with van der Waals surface area (Å²) in [5.74, 6) is 1.16. The smallest absolute Gasteiger partial charge is 0.310 e. The third-order valence-electron chi connectivity index (χ3n) is 3.46. The first kappa shape index (κ1) is 16.9. The minimum atomic E-state index is -0.457. The largest absolute Gasteiger partial charge is 0.486 e. The summed E-state index contributed by atoms with van der Waals surface area (Å²) in [6, 6.07) is 7.50. The predicted molar refractivity (Wildman–Crippen MR) is 92.2 cm³/mol. The van der Waals surface area contributed by atoms with Gasteiger partial charge in [-0.2, -0.15) is 0 Å². The van der Waals surface area contributed by atoms with Crippen molar-refractivity contribution in [2.24, 2.45) is 0 Å². The highest BCUT2D eigenvalue weighted by Gasteiger charge is 2.27. The Labute approximate surface area is 146 Å². The Morgan fingerprint density at radius 1 is 1.21 bits per heavy atom. The average Bonchev–Trinajstić information content (AvgIpc) is 3.24. The monoisotopic (exact) mass is 346 g/mol. The van der Waals surface area contributed by atoms with Gasteiger partial charge in [0.25, 0.3) is 0 Å². The van der Waals surface area contributed by atoms with Crippen LogP contribution in [0.5, 0.6) is 5.75 Å². The molecule has 5 nitrogen and oxygen atoms in total. The highest BCUT2D eigenvalue weighted by molar-refractivity contribution is 7.11. The topological polar surface area (TPSA) is 61.3 Å². The fourth-order valence-corrected chi connectivity index (χ4v) is 3.14. The lowest BCUT2D eigenvalue weighted by atomic mass is 10.1. The second-order valence-electron chi connectivity index (χ2n) is 7.00. The van der Waals surface area contributed by atoms with E-state index >= 15 is 0 Å². The lowest BCUT2D eigenvalue weighted by Crippen LogP contribution is -2.24. The molecule has 3 rings (SSSR count). The fourth-order valence-electron chi connectivity index (χ4n) is 2.21. The molecule has 1 heterocycles. The van der Waals surface area contributed by atoms with Crippen LogP contribution in [0.25, 0.3) is 0 Å². The fraction of sp³-hybridized carbons (Fsp3) is 0.500. The third-order valence-corrected chi connectivity index (χ3v) is 4.52. The van der Waals surface area contributed by atoms with Crippen LogP contribution in [0, 0.1) is 0 Å². The van der Waals surface area contributed by atoms with Crippen LogP contribution in [0.2, 0.25) is 0 Å². The molecule has 0 unspecified atom stereocenters. The maximum absolute atomic E-state index is 11.8. The van der Waals surface area contributed by atoms with Gasteiger partial charge in [0, 0.05) is 5.92 Å². The Hall–Kier alpha value is -1.95. The van der Waals surface area contributed by atoms with Crippen molar-refractivity contribution < 1.29 is 14.3 Å². The molecule has 2 aromatic rings. The molecule has 0 N–H and O–H groups in total. The standard InChI is InChI=1S/C18H22N2O3S/c1-18(2,3)23-16(21)10-12-4-8-14(9-5-12)22-11-15-19-20-17(24-15)13-6-7-13/h4-5,8-9,13H,6-7,10-11H2,1-3H3. The quantitative estimate of drug-likeness (QED) is 0.743. The molecule has 0 bridgehead atoms. The third kappa shape index (κ3) is 5.03. The first-order valence-electron chi connectivity index (χ1n) is 8.15. The number of ether oxygens (including phenoxy) is 2.